The highest BCUT2D eigenvalue weighted by molar-refractivity contribution is 5.76. The predicted octanol–water partition coefficient (Wildman–Crippen LogP) is 3.40. The van der Waals surface area contributed by atoms with E-state index in [4.69, 9.17) is 4.74 Å². The maximum atomic E-state index is 13.2. The van der Waals surface area contributed by atoms with Crippen LogP contribution in [0, 0.1) is 10.1 Å². The van der Waals surface area contributed by atoms with Gasteiger partial charge in [0.15, 0.2) is 0 Å². The van der Waals surface area contributed by atoms with Crippen LogP contribution in [0.1, 0.15) is 5.82 Å². The van der Waals surface area contributed by atoms with Gasteiger partial charge in [-0.15, -0.1) is 0 Å². The summed E-state index contributed by atoms with van der Waals surface area (Å²) < 4.78 is 45.9. The molecule has 3 rings (SSSR count). The Kier molecular flexibility index (Phi) is 5.00. The summed E-state index contributed by atoms with van der Waals surface area (Å²) in [5.41, 5.74) is 0.206. The number of ether oxygens (including phenoxy) is 1. The number of imidazole rings is 1. The monoisotopic (exact) mass is 381 g/mol. The molecule has 3 aromatic rings. The molecule has 0 saturated carbocycles. The van der Waals surface area contributed by atoms with Crippen molar-refractivity contribution in [3.05, 3.63) is 64.5 Å². The maximum Gasteiger partial charge on any atom is 0.449 e. The van der Waals surface area contributed by atoms with Crippen LogP contribution in [0.3, 0.4) is 0 Å². The predicted molar refractivity (Wildman–Crippen MR) is 89.3 cm³/mol. The minimum atomic E-state index is -4.68. The molecule has 0 aliphatic carbocycles. The van der Waals surface area contributed by atoms with Gasteiger partial charge in [-0.3, -0.25) is 10.1 Å². The summed E-state index contributed by atoms with van der Waals surface area (Å²) in [4.78, 5) is 13.7. The Morgan fingerprint density at radius 1 is 1.22 bits per heavy atom. The van der Waals surface area contributed by atoms with E-state index in [1.807, 2.05) is 0 Å². The maximum absolute atomic E-state index is 13.2. The van der Waals surface area contributed by atoms with Crippen molar-refractivity contribution in [2.45, 2.75) is 18.8 Å². The fourth-order valence-electron chi connectivity index (χ4n) is 2.62. The first-order valence-corrected chi connectivity index (χ1v) is 7.83. The summed E-state index contributed by atoms with van der Waals surface area (Å²) in [6.45, 7) is -0.741. The van der Waals surface area contributed by atoms with Crippen LogP contribution in [-0.4, -0.2) is 32.3 Å². The van der Waals surface area contributed by atoms with Gasteiger partial charge in [-0.2, -0.15) is 13.2 Å². The van der Waals surface area contributed by atoms with E-state index in [0.717, 1.165) is 4.57 Å². The fraction of sp³-hybridized carbons (Fsp3) is 0.235. The van der Waals surface area contributed by atoms with Crippen molar-refractivity contribution in [2.24, 2.45) is 0 Å². The number of nitrogens with zero attached hydrogens (tertiary/aromatic N) is 3. The number of non-ortho nitro benzene ring substituents is 1. The third kappa shape index (κ3) is 4.17. The van der Waals surface area contributed by atoms with Crippen molar-refractivity contribution >= 4 is 16.7 Å². The minimum absolute atomic E-state index is 0.134. The standard InChI is InChI=1S/C17H14F3N3O4/c18-17(19,20)16-21-14-6-1-2-7-15(14)22(16)9-12(24)10-27-13-5-3-4-11(8-13)23(25)26/h1-8,12,24H,9-10H2/t12-/m0/s1. The number of rotatable bonds is 6. The summed E-state index contributed by atoms with van der Waals surface area (Å²) >= 11 is 0. The number of para-hydroxylation sites is 2. The molecular formula is C17H14F3N3O4. The lowest BCUT2D eigenvalue weighted by atomic mass is 10.3. The Morgan fingerprint density at radius 2 is 1.96 bits per heavy atom. The zero-order valence-electron chi connectivity index (χ0n) is 13.8. The van der Waals surface area contributed by atoms with E-state index in [1.165, 1.54) is 36.4 Å². The van der Waals surface area contributed by atoms with Gasteiger partial charge in [-0.1, -0.05) is 18.2 Å². The van der Waals surface area contributed by atoms with E-state index < -0.39 is 29.6 Å². The molecule has 0 aliphatic rings. The molecule has 0 unspecified atom stereocenters. The normalized spacial score (nSPS) is 12.9. The van der Waals surface area contributed by atoms with Gasteiger partial charge in [-0.05, 0) is 18.2 Å². The third-order valence-electron chi connectivity index (χ3n) is 3.77. The number of benzene rings is 2. The number of aliphatic hydroxyl groups excluding tert-OH is 1. The average Bonchev–Trinajstić information content (AvgIpc) is 2.99. The van der Waals surface area contributed by atoms with Crippen LogP contribution < -0.4 is 4.74 Å². The molecule has 142 valence electrons. The van der Waals surface area contributed by atoms with Crippen LogP contribution in [0.2, 0.25) is 0 Å². The minimum Gasteiger partial charge on any atom is -0.491 e. The summed E-state index contributed by atoms with van der Waals surface area (Å²) in [5.74, 6) is -0.979. The molecule has 1 heterocycles. The van der Waals surface area contributed by atoms with E-state index in [9.17, 15) is 28.4 Å². The topological polar surface area (TPSA) is 90.4 Å². The first kappa shape index (κ1) is 18.6. The molecule has 0 spiro atoms. The number of fused-ring (bicyclic) bond motifs is 1. The quantitative estimate of drug-likeness (QED) is 0.522. The molecule has 7 nitrogen and oxygen atoms in total. The highest BCUT2D eigenvalue weighted by atomic mass is 19.4. The van der Waals surface area contributed by atoms with Gasteiger partial charge in [0.2, 0.25) is 5.82 Å². The summed E-state index contributed by atoms with van der Waals surface area (Å²) in [7, 11) is 0. The lowest BCUT2D eigenvalue weighted by Crippen LogP contribution is -2.26. The second-order valence-electron chi connectivity index (χ2n) is 5.75. The largest absolute Gasteiger partial charge is 0.491 e. The molecule has 0 saturated heterocycles. The molecule has 1 atom stereocenters. The molecule has 10 heteroatoms. The molecule has 1 N–H and O–H groups in total. The molecule has 0 radical (unpaired) electrons. The van der Waals surface area contributed by atoms with Crippen molar-refractivity contribution in [3.8, 4) is 5.75 Å². The Hall–Kier alpha value is -3.14. The highest BCUT2D eigenvalue weighted by Crippen LogP contribution is 2.31. The number of nitro groups is 1. The smallest absolute Gasteiger partial charge is 0.449 e. The van der Waals surface area contributed by atoms with E-state index >= 15 is 0 Å². The summed E-state index contributed by atoms with van der Waals surface area (Å²) in [5, 5.41) is 20.9. The van der Waals surface area contributed by atoms with Crippen LogP contribution in [0.4, 0.5) is 18.9 Å². The van der Waals surface area contributed by atoms with Crippen LogP contribution >= 0.6 is 0 Å². The highest BCUT2D eigenvalue weighted by Gasteiger charge is 2.37. The molecule has 0 amide bonds. The SMILES string of the molecule is O=[N+]([O-])c1cccc(OC[C@@H](O)Cn2c(C(F)(F)F)nc3ccccc32)c1. The fourth-order valence-corrected chi connectivity index (χ4v) is 2.62. The van der Waals surface area contributed by atoms with Crippen molar-refractivity contribution in [1.82, 2.24) is 9.55 Å². The molecule has 0 aliphatic heterocycles. The van der Waals surface area contributed by atoms with E-state index in [2.05, 4.69) is 4.98 Å². The van der Waals surface area contributed by atoms with Crippen LogP contribution in [0.5, 0.6) is 5.75 Å². The summed E-state index contributed by atoms with van der Waals surface area (Å²) in [6, 6.07) is 11.4. The van der Waals surface area contributed by atoms with Crippen molar-refractivity contribution < 1.29 is 27.9 Å². The van der Waals surface area contributed by atoms with Crippen LogP contribution in [-0.2, 0) is 12.7 Å². The number of nitro benzene ring substituents is 1. The molecule has 1 aromatic heterocycles. The summed E-state index contributed by atoms with van der Waals surface area (Å²) in [6.07, 6.45) is -5.97. The van der Waals surface area contributed by atoms with Crippen molar-refractivity contribution in [3.63, 3.8) is 0 Å². The first-order valence-electron chi connectivity index (χ1n) is 7.83. The van der Waals surface area contributed by atoms with Crippen LogP contribution in [0.15, 0.2) is 48.5 Å². The van der Waals surface area contributed by atoms with Gasteiger partial charge in [-0.25, -0.2) is 4.98 Å². The first-order chi connectivity index (χ1) is 12.8. The van der Waals surface area contributed by atoms with Gasteiger partial charge in [0.1, 0.15) is 18.5 Å². The zero-order valence-corrected chi connectivity index (χ0v) is 13.8. The number of alkyl halides is 3. The van der Waals surface area contributed by atoms with E-state index in [-0.39, 0.29) is 29.1 Å². The lowest BCUT2D eigenvalue weighted by molar-refractivity contribution is -0.384. The average molecular weight is 381 g/mol. The van der Waals surface area contributed by atoms with Crippen LogP contribution in [0.25, 0.3) is 11.0 Å². The van der Waals surface area contributed by atoms with Gasteiger partial charge in [0, 0.05) is 6.07 Å². The number of aliphatic hydroxyl groups is 1. The van der Waals surface area contributed by atoms with Gasteiger partial charge < -0.3 is 14.4 Å². The molecule has 27 heavy (non-hydrogen) atoms. The third-order valence-corrected chi connectivity index (χ3v) is 3.77. The number of hydrogen-bond donors (Lipinski definition) is 1. The Labute approximate surface area is 150 Å². The molecule has 0 bridgehead atoms. The molecule has 2 aromatic carbocycles. The second kappa shape index (κ2) is 7.23. The van der Waals surface area contributed by atoms with Crippen molar-refractivity contribution in [2.75, 3.05) is 6.61 Å². The Bertz CT molecular complexity index is 971. The lowest BCUT2D eigenvalue weighted by Gasteiger charge is -2.16. The Balaban J connectivity index is 1.77. The number of aromatic nitrogens is 2. The van der Waals surface area contributed by atoms with Gasteiger partial charge >= 0.3 is 6.18 Å². The number of halogens is 3. The molecule has 0 fully saturated rings. The van der Waals surface area contributed by atoms with E-state index in [1.54, 1.807) is 12.1 Å². The van der Waals surface area contributed by atoms with E-state index in [0.29, 0.717) is 0 Å². The van der Waals surface area contributed by atoms with Gasteiger partial charge in [0.05, 0.1) is 28.6 Å². The van der Waals surface area contributed by atoms with Gasteiger partial charge in [0.25, 0.3) is 5.69 Å². The zero-order chi connectivity index (χ0) is 19.6. The number of hydrogen-bond acceptors (Lipinski definition) is 5. The Morgan fingerprint density at radius 3 is 2.67 bits per heavy atom. The second-order valence-corrected chi connectivity index (χ2v) is 5.75. The van der Waals surface area contributed by atoms with Crippen molar-refractivity contribution in [1.29, 1.82) is 0 Å². The molecular weight excluding hydrogens is 367 g/mol.